The van der Waals surface area contributed by atoms with Crippen molar-refractivity contribution < 1.29 is 29.7 Å². The molecule has 462 valence electrons. The Labute approximate surface area is 540 Å². The normalized spacial score (nSPS) is 14.0. The molecule has 0 saturated heterocycles. The van der Waals surface area contributed by atoms with Crippen LogP contribution in [0.3, 0.4) is 0 Å². The summed E-state index contributed by atoms with van der Waals surface area (Å²) in [4.78, 5) is 0. The Bertz CT molecular complexity index is 4320. The standard InChI is InChI=1S/C18H25N2.C18H19N2.C17H23N2.2C13H17N2/c2*1-14-9-7-8-12-17(14)20-13-19(3)18(15(20)2)16-10-5-4-6-11-16;1-13-8-4-7-11-16(13)19-12-18(3)17(14(19)2)15-9-5-6-10-15;2*1-10-7-5-6-8-13(10)15-9-14(4)11(2)12(15)3/h7-9,12-13,16H,4-6,10-11H2,1-3H3;4-13H,1-3H3;4,7-8,11-12,15H,5-6,9-10H2,1-3H3;2*5-9H,1-4H3/q5*+1/i2*13D;12D;2*9D. The van der Waals surface area contributed by atoms with Gasteiger partial charge in [-0.1, -0.05) is 153 Å². The highest BCUT2D eigenvalue weighted by Crippen LogP contribution is 2.36. The van der Waals surface area contributed by atoms with Gasteiger partial charge < -0.3 is 0 Å². The monoisotopic (exact) mass is 1190 g/mol. The van der Waals surface area contributed by atoms with Gasteiger partial charge in [0.1, 0.15) is 74.0 Å². The first-order valence-corrected chi connectivity index (χ1v) is 32.1. The lowest BCUT2D eigenvalue weighted by Gasteiger charge is -2.19. The van der Waals surface area contributed by atoms with E-state index in [0.717, 1.165) is 68.2 Å². The quantitative estimate of drug-likeness (QED) is 0.136. The SMILES string of the molecule is [2H]c1n(C)c(-c2ccccc2)c(C)[n+]1-c1ccccc1C.[2H]c1n(C)c(C)c(C)[n+]1-c1ccccc1C.[2H]c1n(C)c(C)c(C)[n+]1-c1ccccc1C.[2H]c1n(C)c(C2CCCC2)c(C)[n+]1-c1ccccc1C.[2H]c1n(C)c(C2CCCCC2)c(C)[n+]1-c1ccccc1C. The highest BCUT2D eigenvalue weighted by atomic mass is 15.2. The van der Waals surface area contributed by atoms with Gasteiger partial charge in [0.15, 0.2) is 18.2 Å². The van der Waals surface area contributed by atoms with Crippen LogP contribution in [0.1, 0.15) is 156 Å². The van der Waals surface area contributed by atoms with Crippen LogP contribution in [0.2, 0.25) is 0 Å². The van der Waals surface area contributed by atoms with Crippen LogP contribution in [0.15, 0.2) is 183 Å². The summed E-state index contributed by atoms with van der Waals surface area (Å²) in [6, 6.07) is 51.4. The predicted molar refractivity (Wildman–Crippen MR) is 364 cm³/mol. The minimum Gasteiger partial charge on any atom is -0.236 e. The van der Waals surface area contributed by atoms with E-state index in [0.29, 0.717) is 43.4 Å². The fourth-order valence-corrected chi connectivity index (χ4v) is 13.3. The van der Waals surface area contributed by atoms with E-state index in [9.17, 15) is 0 Å². The van der Waals surface area contributed by atoms with Crippen molar-refractivity contribution >= 4 is 0 Å². The molecule has 0 N–H and O–H groups in total. The Kier molecular flexibility index (Phi) is 19.0. The van der Waals surface area contributed by atoms with Gasteiger partial charge in [-0.2, -0.15) is 22.8 Å². The largest absolute Gasteiger partial charge is 0.249 e. The van der Waals surface area contributed by atoms with Crippen LogP contribution in [0.4, 0.5) is 0 Å². The Balaban J connectivity index is 0.000000139. The Morgan fingerprint density at radius 1 is 0.292 bits per heavy atom. The highest BCUT2D eigenvalue weighted by molar-refractivity contribution is 5.61. The minimum atomic E-state index is 0.487. The van der Waals surface area contributed by atoms with E-state index in [2.05, 4.69) is 185 Å². The van der Waals surface area contributed by atoms with E-state index >= 15 is 0 Å². The molecule has 2 aliphatic rings. The number of aryl methyl sites for hydroxylation is 5. The fourth-order valence-electron chi connectivity index (χ4n) is 13.3. The van der Waals surface area contributed by atoms with E-state index in [1.165, 1.54) is 108 Å². The molecular formula is C79H101N10+5. The van der Waals surface area contributed by atoms with Crippen LogP contribution in [0.25, 0.3) is 39.7 Å². The van der Waals surface area contributed by atoms with E-state index in [1.54, 1.807) is 0 Å². The van der Waals surface area contributed by atoms with Gasteiger partial charge in [-0.15, -0.1) is 0 Å². The first kappa shape index (κ1) is 58.1. The summed E-state index contributed by atoms with van der Waals surface area (Å²) in [6.07, 6.45) is 14.4. The van der Waals surface area contributed by atoms with Crippen molar-refractivity contribution in [3.05, 3.63) is 262 Å². The van der Waals surface area contributed by atoms with Crippen LogP contribution in [-0.4, -0.2) is 22.8 Å². The predicted octanol–water partition coefficient (Wildman–Crippen LogP) is 15.6. The van der Waals surface area contributed by atoms with Crippen molar-refractivity contribution in [2.24, 2.45) is 35.2 Å². The van der Waals surface area contributed by atoms with Crippen molar-refractivity contribution in [3.8, 4) is 39.7 Å². The third-order valence-corrected chi connectivity index (χ3v) is 18.7. The molecule has 0 radical (unpaired) electrons. The maximum atomic E-state index is 8.54. The molecular weight excluding hydrogens is 1090 g/mol. The molecule has 89 heavy (non-hydrogen) atoms. The van der Waals surface area contributed by atoms with Crippen molar-refractivity contribution in [2.45, 2.75) is 153 Å². The lowest BCUT2D eigenvalue weighted by atomic mass is 9.86. The average molecular weight is 1200 g/mol. The van der Waals surface area contributed by atoms with E-state index in [4.69, 9.17) is 6.85 Å². The fraction of sp³-hybridized carbons (Fsp3) is 0.354. The number of hydrogen-bond donors (Lipinski definition) is 0. The second kappa shape index (κ2) is 29.1. The van der Waals surface area contributed by atoms with Gasteiger partial charge in [0.05, 0.1) is 35.2 Å². The van der Waals surface area contributed by atoms with Gasteiger partial charge in [-0.05, 0) is 118 Å². The van der Waals surface area contributed by atoms with Crippen LogP contribution >= 0.6 is 0 Å². The molecule has 6 aromatic carbocycles. The number of nitrogens with zero attached hydrogens (tertiary/aromatic N) is 10. The molecule has 5 heterocycles. The van der Waals surface area contributed by atoms with E-state index in [-0.39, 0.29) is 0 Å². The summed E-state index contributed by atoms with van der Waals surface area (Å²) in [7, 11) is 9.90. The molecule has 0 aliphatic heterocycles. The van der Waals surface area contributed by atoms with Gasteiger partial charge in [-0.25, -0.2) is 22.8 Å². The molecule has 13 rings (SSSR count). The Morgan fingerprint density at radius 3 is 0.854 bits per heavy atom. The number of para-hydroxylation sites is 5. The maximum absolute atomic E-state index is 8.54. The maximum Gasteiger partial charge on any atom is 0.249 e. The molecule has 0 bridgehead atoms. The molecule has 2 fully saturated rings. The zero-order valence-corrected chi connectivity index (χ0v) is 56.4. The van der Waals surface area contributed by atoms with Crippen LogP contribution in [0, 0.1) is 83.1 Å². The summed E-state index contributed by atoms with van der Waals surface area (Å²) in [5.41, 5.74) is 24.5. The van der Waals surface area contributed by atoms with Gasteiger partial charge in [0, 0.05) is 65.9 Å². The van der Waals surface area contributed by atoms with E-state index < -0.39 is 0 Å². The molecule has 5 aromatic heterocycles. The molecule has 2 aliphatic carbocycles. The minimum absolute atomic E-state index is 0.487. The van der Waals surface area contributed by atoms with Crippen LogP contribution < -0.4 is 22.8 Å². The molecule has 11 aromatic rings. The topological polar surface area (TPSA) is 44.0 Å². The second-order valence-corrected chi connectivity index (χ2v) is 24.8. The summed E-state index contributed by atoms with van der Waals surface area (Å²) < 4.78 is 61.8. The molecule has 10 heteroatoms. The Morgan fingerprint density at radius 2 is 0.551 bits per heavy atom. The zero-order valence-electron chi connectivity index (χ0n) is 61.4. The molecule has 0 amide bonds. The van der Waals surface area contributed by atoms with Crippen molar-refractivity contribution in [2.75, 3.05) is 0 Å². The number of rotatable bonds is 8. The summed E-state index contributed by atoms with van der Waals surface area (Å²) >= 11 is 0. The van der Waals surface area contributed by atoms with Crippen molar-refractivity contribution in [1.82, 2.24) is 22.8 Å². The lowest BCUT2D eigenvalue weighted by Crippen LogP contribution is -2.32. The molecule has 2 saturated carbocycles. The summed E-state index contributed by atoms with van der Waals surface area (Å²) in [5.74, 6) is 1.26. The van der Waals surface area contributed by atoms with Gasteiger partial charge in [-0.3, -0.25) is 0 Å². The van der Waals surface area contributed by atoms with Crippen LogP contribution in [-0.2, 0) is 35.2 Å². The molecule has 0 atom stereocenters. The Hall–Kier alpha value is -8.63. The number of benzene rings is 6. The number of aromatic nitrogens is 10. The first-order valence-electron chi connectivity index (χ1n) is 34.6. The third kappa shape index (κ3) is 14.4. The number of imidazole rings is 5. The van der Waals surface area contributed by atoms with Gasteiger partial charge in [0.2, 0.25) is 31.5 Å². The van der Waals surface area contributed by atoms with Gasteiger partial charge in [0.25, 0.3) is 0 Å². The van der Waals surface area contributed by atoms with Crippen LogP contribution in [0.5, 0.6) is 0 Å². The summed E-state index contributed by atoms with van der Waals surface area (Å²) in [5, 5.41) is 0. The molecule has 0 spiro atoms. The van der Waals surface area contributed by atoms with Crippen molar-refractivity contribution in [1.29, 1.82) is 0 Å². The highest BCUT2D eigenvalue weighted by Gasteiger charge is 2.31. The van der Waals surface area contributed by atoms with E-state index in [1.807, 2.05) is 131 Å². The smallest absolute Gasteiger partial charge is 0.236 e. The molecule has 0 unspecified atom stereocenters. The first-order chi connectivity index (χ1) is 44.9. The average Bonchev–Trinajstić information content (AvgIpc) is 1.65. The molecule has 10 nitrogen and oxygen atoms in total. The lowest BCUT2D eigenvalue weighted by molar-refractivity contribution is -0.602. The second-order valence-electron chi connectivity index (χ2n) is 24.8. The summed E-state index contributed by atoms with van der Waals surface area (Å²) in [6.45, 7) is 25.1. The van der Waals surface area contributed by atoms with Crippen molar-refractivity contribution in [3.63, 3.8) is 0 Å². The zero-order chi connectivity index (χ0) is 68.0. The number of hydrogen-bond acceptors (Lipinski definition) is 0. The third-order valence-electron chi connectivity index (χ3n) is 18.7. The van der Waals surface area contributed by atoms with Gasteiger partial charge >= 0.3 is 0 Å².